The molecule has 154 valence electrons. The molecule has 3 rings (SSSR count). The molecular weight excluding hydrogens is 450 g/mol. The first-order valence-electron chi connectivity index (χ1n) is 9.26. The molecule has 7 nitrogen and oxygen atoms in total. The van der Waals surface area contributed by atoms with Gasteiger partial charge in [0.1, 0.15) is 11.5 Å². The van der Waals surface area contributed by atoms with Crippen molar-refractivity contribution in [3.05, 3.63) is 82.5 Å². The van der Waals surface area contributed by atoms with Crippen LogP contribution < -0.4 is 15.4 Å². The molecule has 0 saturated carbocycles. The molecule has 0 saturated heterocycles. The van der Waals surface area contributed by atoms with E-state index in [0.717, 1.165) is 4.47 Å². The molecule has 2 aromatic carbocycles. The van der Waals surface area contributed by atoms with Crippen molar-refractivity contribution in [3.63, 3.8) is 0 Å². The topological polar surface area (TPSA) is 101 Å². The summed E-state index contributed by atoms with van der Waals surface area (Å²) in [6, 6.07) is 16.8. The van der Waals surface area contributed by atoms with Gasteiger partial charge in [-0.25, -0.2) is 4.98 Å². The van der Waals surface area contributed by atoms with E-state index in [1.807, 2.05) is 24.3 Å². The minimum absolute atomic E-state index is 0.0385. The second-order valence-corrected chi connectivity index (χ2v) is 7.28. The summed E-state index contributed by atoms with van der Waals surface area (Å²) in [5.41, 5.74) is 0.802. The average Bonchev–Trinajstić information content (AvgIpc) is 2.74. The minimum Gasteiger partial charge on any atom is -0.508 e. The smallest absolute Gasteiger partial charge is 0.252 e. The maximum absolute atomic E-state index is 12.2. The van der Waals surface area contributed by atoms with Crippen molar-refractivity contribution in [1.29, 1.82) is 0 Å². The lowest BCUT2D eigenvalue weighted by molar-refractivity contribution is 0.0951. The fourth-order valence-corrected chi connectivity index (χ4v) is 2.95. The Morgan fingerprint density at radius 3 is 2.33 bits per heavy atom. The van der Waals surface area contributed by atoms with E-state index in [4.69, 9.17) is 4.74 Å². The molecule has 1 heterocycles. The molecule has 0 aliphatic carbocycles. The normalized spacial score (nSPS) is 10.3. The Bertz CT molecular complexity index is 1020. The SMILES string of the molecule is O=C(NCCCNC(=O)c1cccc(O)c1)c1ccc(Oc2cccc(Br)c2)nc1. The van der Waals surface area contributed by atoms with E-state index in [1.165, 1.54) is 18.3 Å². The maximum Gasteiger partial charge on any atom is 0.252 e. The number of carbonyl (C=O) groups is 2. The first kappa shape index (κ1) is 21.3. The summed E-state index contributed by atoms with van der Waals surface area (Å²) >= 11 is 3.38. The van der Waals surface area contributed by atoms with E-state index in [0.29, 0.717) is 42.3 Å². The average molecular weight is 470 g/mol. The molecule has 3 N–H and O–H groups in total. The van der Waals surface area contributed by atoms with Gasteiger partial charge in [-0.2, -0.15) is 0 Å². The second-order valence-electron chi connectivity index (χ2n) is 6.36. The lowest BCUT2D eigenvalue weighted by Gasteiger charge is -2.08. The number of hydrogen-bond donors (Lipinski definition) is 3. The van der Waals surface area contributed by atoms with Crippen LogP contribution in [-0.4, -0.2) is 35.0 Å². The van der Waals surface area contributed by atoms with Crippen LogP contribution in [0.25, 0.3) is 0 Å². The van der Waals surface area contributed by atoms with Crippen LogP contribution in [0.4, 0.5) is 0 Å². The molecule has 0 fully saturated rings. The van der Waals surface area contributed by atoms with Crippen LogP contribution in [0.5, 0.6) is 17.4 Å². The van der Waals surface area contributed by atoms with Gasteiger partial charge in [0, 0.05) is 35.4 Å². The summed E-state index contributed by atoms with van der Waals surface area (Å²) < 4.78 is 6.54. The van der Waals surface area contributed by atoms with E-state index < -0.39 is 0 Å². The van der Waals surface area contributed by atoms with Gasteiger partial charge in [0.15, 0.2) is 0 Å². The summed E-state index contributed by atoms with van der Waals surface area (Å²) in [5.74, 6) is 0.538. The van der Waals surface area contributed by atoms with Gasteiger partial charge in [-0.3, -0.25) is 9.59 Å². The minimum atomic E-state index is -0.275. The number of benzene rings is 2. The highest BCUT2D eigenvalue weighted by Crippen LogP contribution is 2.22. The number of ether oxygens (including phenoxy) is 1. The number of phenolic OH excluding ortho intramolecular Hbond substituents is 1. The van der Waals surface area contributed by atoms with Gasteiger partial charge in [0.25, 0.3) is 11.8 Å². The zero-order valence-corrected chi connectivity index (χ0v) is 17.6. The van der Waals surface area contributed by atoms with E-state index in [9.17, 15) is 14.7 Å². The summed E-state index contributed by atoms with van der Waals surface area (Å²) in [7, 11) is 0. The summed E-state index contributed by atoms with van der Waals surface area (Å²) in [4.78, 5) is 28.3. The van der Waals surface area contributed by atoms with Crippen LogP contribution in [0.3, 0.4) is 0 Å². The number of nitrogens with zero attached hydrogens (tertiary/aromatic N) is 1. The largest absolute Gasteiger partial charge is 0.508 e. The Hall–Kier alpha value is -3.39. The van der Waals surface area contributed by atoms with E-state index >= 15 is 0 Å². The zero-order valence-electron chi connectivity index (χ0n) is 16.0. The number of aromatic nitrogens is 1. The molecule has 3 aromatic rings. The van der Waals surface area contributed by atoms with E-state index in [-0.39, 0.29) is 17.6 Å². The number of rotatable bonds is 8. The van der Waals surface area contributed by atoms with Gasteiger partial charge in [-0.15, -0.1) is 0 Å². The molecule has 8 heteroatoms. The van der Waals surface area contributed by atoms with Crippen LogP contribution in [0, 0.1) is 0 Å². The molecule has 0 atom stereocenters. The molecule has 1 aromatic heterocycles. The number of hydrogen-bond acceptors (Lipinski definition) is 5. The number of amides is 2. The first-order chi connectivity index (χ1) is 14.5. The number of carbonyl (C=O) groups excluding carboxylic acids is 2. The van der Waals surface area contributed by atoms with Crippen molar-refractivity contribution in [2.75, 3.05) is 13.1 Å². The highest BCUT2D eigenvalue weighted by molar-refractivity contribution is 9.10. The quantitative estimate of drug-likeness (QED) is 0.434. The molecule has 0 radical (unpaired) electrons. The summed E-state index contributed by atoms with van der Waals surface area (Å²) in [6.45, 7) is 0.794. The molecule has 0 bridgehead atoms. The van der Waals surface area contributed by atoms with Crippen LogP contribution >= 0.6 is 15.9 Å². The Morgan fingerprint density at radius 2 is 1.67 bits per heavy atom. The number of halogens is 1. The standard InChI is InChI=1S/C22H20BrN3O4/c23-17-5-2-7-19(13-17)30-20-9-8-16(14-26-20)22(29)25-11-3-10-24-21(28)15-4-1-6-18(27)12-15/h1-2,4-9,12-14,27H,3,10-11H2,(H,24,28)(H,25,29). The Balaban J connectivity index is 1.40. The van der Waals surface area contributed by atoms with Gasteiger partial charge in [-0.1, -0.05) is 28.1 Å². The van der Waals surface area contributed by atoms with E-state index in [2.05, 4.69) is 31.5 Å². The fraction of sp³-hybridized carbons (Fsp3) is 0.136. The van der Waals surface area contributed by atoms with Gasteiger partial charge in [0.05, 0.1) is 5.56 Å². The number of aromatic hydroxyl groups is 1. The zero-order chi connectivity index (χ0) is 21.3. The predicted octanol–water partition coefficient (Wildman–Crippen LogP) is 3.89. The number of pyridine rings is 1. The van der Waals surface area contributed by atoms with Gasteiger partial charge in [-0.05, 0) is 48.9 Å². The monoisotopic (exact) mass is 469 g/mol. The lowest BCUT2D eigenvalue weighted by atomic mass is 10.2. The van der Waals surface area contributed by atoms with Crippen molar-refractivity contribution in [3.8, 4) is 17.4 Å². The molecule has 2 amide bonds. The third kappa shape index (κ3) is 6.31. The van der Waals surface area contributed by atoms with Gasteiger partial charge >= 0.3 is 0 Å². The molecule has 0 unspecified atom stereocenters. The third-order valence-electron chi connectivity index (χ3n) is 4.05. The summed E-state index contributed by atoms with van der Waals surface area (Å²) in [6.07, 6.45) is 2.01. The molecule has 0 aliphatic heterocycles. The number of phenols is 1. The lowest BCUT2D eigenvalue weighted by Crippen LogP contribution is -2.29. The van der Waals surface area contributed by atoms with Crippen LogP contribution in [0.2, 0.25) is 0 Å². The summed E-state index contributed by atoms with van der Waals surface area (Å²) in [5, 5.41) is 14.9. The fourth-order valence-electron chi connectivity index (χ4n) is 2.57. The molecule has 0 spiro atoms. The van der Waals surface area contributed by atoms with E-state index in [1.54, 1.807) is 24.3 Å². The Labute approximate surface area is 182 Å². The first-order valence-corrected chi connectivity index (χ1v) is 10.1. The molecule has 0 aliphatic rings. The van der Waals surface area contributed by atoms with Crippen molar-refractivity contribution >= 4 is 27.7 Å². The predicted molar refractivity (Wildman–Crippen MR) is 116 cm³/mol. The second kappa shape index (κ2) is 10.4. The highest BCUT2D eigenvalue weighted by Gasteiger charge is 2.08. The highest BCUT2D eigenvalue weighted by atomic mass is 79.9. The van der Waals surface area contributed by atoms with Crippen LogP contribution in [-0.2, 0) is 0 Å². The van der Waals surface area contributed by atoms with Crippen molar-refractivity contribution in [1.82, 2.24) is 15.6 Å². The molecular formula is C22H20BrN3O4. The van der Waals surface area contributed by atoms with Crippen molar-refractivity contribution < 1.29 is 19.4 Å². The third-order valence-corrected chi connectivity index (χ3v) is 4.54. The number of nitrogens with one attached hydrogen (secondary N) is 2. The van der Waals surface area contributed by atoms with Gasteiger partial charge in [0.2, 0.25) is 5.88 Å². The maximum atomic E-state index is 12.2. The van der Waals surface area contributed by atoms with Crippen LogP contribution in [0.1, 0.15) is 27.1 Å². The van der Waals surface area contributed by atoms with Gasteiger partial charge < -0.3 is 20.5 Å². The van der Waals surface area contributed by atoms with Crippen molar-refractivity contribution in [2.45, 2.75) is 6.42 Å². The van der Waals surface area contributed by atoms with Crippen molar-refractivity contribution in [2.24, 2.45) is 0 Å². The Morgan fingerprint density at radius 1 is 0.933 bits per heavy atom. The van der Waals surface area contributed by atoms with Crippen LogP contribution in [0.15, 0.2) is 71.3 Å². The Kier molecular flexibility index (Phi) is 7.40. The molecule has 30 heavy (non-hydrogen) atoms.